The van der Waals surface area contributed by atoms with Crippen molar-refractivity contribution in [1.82, 2.24) is 0 Å². The molecule has 0 aromatic heterocycles. The molecule has 1 aromatic rings. The number of allylic oxidation sites excluding steroid dienone is 1. The number of nitro groups is 1. The Balaban J connectivity index is 2.34. The van der Waals surface area contributed by atoms with E-state index >= 15 is 0 Å². The number of aryl methyl sites for hydroxylation is 1. The Labute approximate surface area is 107 Å². The van der Waals surface area contributed by atoms with Gasteiger partial charge in [0, 0.05) is 31.8 Å². The second-order valence-corrected chi connectivity index (χ2v) is 4.66. The van der Waals surface area contributed by atoms with Gasteiger partial charge in [-0.05, 0) is 36.1 Å². The molecule has 0 saturated carbocycles. The van der Waals surface area contributed by atoms with Crippen LogP contribution in [0.4, 0.5) is 5.69 Å². The summed E-state index contributed by atoms with van der Waals surface area (Å²) in [5, 5.41) is 10.8. The predicted molar refractivity (Wildman–Crippen MR) is 73.3 cm³/mol. The third kappa shape index (κ3) is 2.53. The molecule has 0 atom stereocenters. The fourth-order valence-electron chi connectivity index (χ4n) is 2.37. The summed E-state index contributed by atoms with van der Waals surface area (Å²) in [5.74, 6) is 0. The van der Waals surface area contributed by atoms with Crippen molar-refractivity contribution in [1.29, 1.82) is 0 Å². The van der Waals surface area contributed by atoms with Gasteiger partial charge in [0.1, 0.15) is 0 Å². The van der Waals surface area contributed by atoms with Crippen LogP contribution in [0.15, 0.2) is 23.9 Å². The van der Waals surface area contributed by atoms with Crippen molar-refractivity contribution >= 4 is 11.8 Å². The van der Waals surface area contributed by atoms with Gasteiger partial charge in [-0.2, -0.15) is 0 Å². The number of benzene rings is 1. The van der Waals surface area contributed by atoms with E-state index in [1.165, 1.54) is 11.3 Å². The third-order valence-electron chi connectivity index (χ3n) is 3.38. The second-order valence-electron chi connectivity index (χ2n) is 4.66. The molecule has 0 amide bonds. The van der Waals surface area contributed by atoms with E-state index in [4.69, 9.17) is 0 Å². The van der Waals surface area contributed by atoms with Gasteiger partial charge in [-0.1, -0.05) is 13.0 Å². The Kier molecular flexibility index (Phi) is 3.65. The minimum absolute atomic E-state index is 0.263. The molecule has 1 aliphatic heterocycles. The largest absolute Gasteiger partial charge is 0.374 e. The molecule has 0 unspecified atom stereocenters. The van der Waals surface area contributed by atoms with E-state index in [2.05, 4.69) is 24.1 Å². The molecule has 0 bridgehead atoms. The van der Waals surface area contributed by atoms with Crippen molar-refractivity contribution in [2.24, 2.45) is 0 Å². The van der Waals surface area contributed by atoms with Crippen LogP contribution in [0.5, 0.6) is 0 Å². The molecule has 4 nitrogen and oxygen atoms in total. The lowest BCUT2D eigenvalue weighted by atomic mass is 9.99. The number of nitrogens with zero attached hydrogens (tertiary/aromatic N) is 2. The summed E-state index contributed by atoms with van der Waals surface area (Å²) < 4.78 is 0. The standard InChI is InChI=1S/C14H18N2O2/c1-3-13(16(17)18)10-11-6-7-14-12(9-11)5-4-8-15(14)2/h6-7,9-10H,3-5,8H2,1-2H3. The molecule has 0 fully saturated rings. The van der Waals surface area contributed by atoms with E-state index in [0.717, 1.165) is 24.9 Å². The van der Waals surface area contributed by atoms with Crippen LogP contribution in [0.25, 0.3) is 6.08 Å². The monoisotopic (exact) mass is 246 g/mol. The fraction of sp³-hybridized carbons (Fsp3) is 0.429. The minimum Gasteiger partial charge on any atom is -0.374 e. The molecule has 4 heteroatoms. The molecule has 1 heterocycles. The predicted octanol–water partition coefficient (Wildman–Crippen LogP) is 3.10. The minimum atomic E-state index is -0.300. The molecular weight excluding hydrogens is 228 g/mol. The van der Waals surface area contributed by atoms with Gasteiger partial charge in [-0.3, -0.25) is 10.1 Å². The number of rotatable bonds is 3. The molecule has 0 N–H and O–H groups in total. The van der Waals surface area contributed by atoms with Crippen LogP contribution in [0.3, 0.4) is 0 Å². The summed E-state index contributed by atoms with van der Waals surface area (Å²) in [4.78, 5) is 12.7. The SMILES string of the molecule is CCC(=Cc1ccc2c(c1)CCCN2C)[N+](=O)[O-]. The van der Waals surface area contributed by atoms with E-state index in [1.807, 2.05) is 6.07 Å². The van der Waals surface area contributed by atoms with Gasteiger partial charge in [-0.15, -0.1) is 0 Å². The molecule has 96 valence electrons. The number of anilines is 1. The van der Waals surface area contributed by atoms with Gasteiger partial charge in [0.25, 0.3) is 0 Å². The normalized spacial score (nSPS) is 15.4. The Morgan fingerprint density at radius 1 is 1.56 bits per heavy atom. The molecule has 0 spiro atoms. The van der Waals surface area contributed by atoms with Crippen molar-refractivity contribution in [3.63, 3.8) is 0 Å². The van der Waals surface area contributed by atoms with E-state index in [9.17, 15) is 10.1 Å². The summed E-state index contributed by atoms with van der Waals surface area (Å²) in [7, 11) is 2.09. The van der Waals surface area contributed by atoms with E-state index in [-0.39, 0.29) is 10.6 Å². The summed E-state index contributed by atoms with van der Waals surface area (Å²) >= 11 is 0. The van der Waals surface area contributed by atoms with Crippen molar-refractivity contribution in [2.45, 2.75) is 26.2 Å². The average Bonchev–Trinajstić information content (AvgIpc) is 2.35. The Morgan fingerprint density at radius 3 is 3.00 bits per heavy atom. The first-order chi connectivity index (χ1) is 8.61. The number of hydrogen-bond donors (Lipinski definition) is 0. The summed E-state index contributed by atoms with van der Waals surface area (Å²) in [6, 6.07) is 6.09. The molecule has 1 aromatic carbocycles. The van der Waals surface area contributed by atoms with Crippen LogP contribution < -0.4 is 4.90 Å². The van der Waals surface area contributed by atoms with Gasteiger partial charge in [0.05, 0.1) is 4.92 Å². The van der Waals surface area contributed by atoms with Crippen molar-refractivity contribution in [3.05, 3.63) is 45.1 Å². The first-order valence-corrected chi connectivity index (χ1v) is 6.31. The summed E-state index contributed by atoms with van der Waals surface area (Å²) in [5.41, 5.74) is 3.73. The lowest BCUT2D eigenvalue weighted by Crippen LogP contribution is -2.24. The lowest BCUT2D eigenvalue weighted by molar-refractivity contribution is -0.425. The Bertz CT molecular complexity index is 495. The topological polar surface area (TPSA) is 46.4 Å². The molecule has 18 heavy (non-hydrogen) atoms. The molecule has 0 saturated heterocycles. The Morgan fingerprint density at radius 2 is 2.33 bits per heavy atom. The van der Waals surface area contributed by atoms with Gasteiger partial charge in [-0.25, -0.2) is 0 Å². The van der Waals surface area contributed by atoms with Gasteiger partial charge in [0.15, 0.2) is 0 Å². The van der Waals surface area contributed by atoms with Crippen LogP contribution >= 0.6 is 0 Å². The van der Waals surface area contributed by atoms with E-state index < -0.39 is 0 Å². The van der Waals surface area contributed by atoms with E-state index in [1.54, 1.807) is 13.0 Å². The van der Waals surface area contributed by atoms with Crippen molar-refractivity contribution in [3.8, 4) is 0 Å². The maximum Gasteiger partial charge on any atom is 0.246 e. The molecule has 0 aliphatic carbocycles. The zero-order chi connectivity index (χ0) is 13.1. The molecular formula is C14H18N2O2. The summed E-state index contributed by atoms with van der Waals surface area (Å²) in [6.45, 7) is 2.89. The zero-order valence-corrected chi connectivity index (χ0v) is 10.8. The highest BCUT2D eigenvalue weighted by atomic mass is 16.6. The zero-order valence-electron chi connectivity index (χ0n) is 10.8. The first-order valence-electron chi connectivity index (χ1n) is 6.31. The molecule has 2 rings (SSSR count). The Hall–Kier alpha value is -1.84. The van der Waals surface area contributed by atoms with Crippen LogP contribution in [0, 0.1) is 10.1 Å². The first kappa shape index (κ1) is 12.6. The number of fused-ring (bicyclic) bond motifs is 1. The third-order valence-corrected chi connectivity index (χ3v) is 3.38. The lowest BCUT2D eigenvalue weighted by Gasteiger charge is -2.27. The highest BCUT2D eigenvalue weighted by molar-refractivity contribution is 5.62. The fourth-order valence-corrected chi connectivity index (χ4v) is 2.37. The van der Waals surface area contributed by atoms with Crippen LogP contribution in [0.2, 0.25) is 0 Å². The van der Waals surface area contributed by atoms with Crippen LogP contribution in [-0.4, -0.2) is 18.5 Å². The highest BCUT2D eigenvalue weighted by Gasteiger charge is 2.14. The maximum absolute atomic E-state index is 10.8. The maximum atomic E-state index is 10.8. The van der Waals surface area contributed by atoms with Crippen LogP contribution in [0.1, 0.15) is 30.9 Å². The van der Waals surface area contributed by atoms with Gasteiger partial charge < -0.3 is 4.90 Å². The average molecular weight is 246 g/mol. The number of hydrogen-bond acceptors (Lipinski definition) is 3. The quantitative estimate of drug-likeness (QED) is 0.608. The molecule has 0 radical (unpaired) electrons. The summed E-state index contributed by atoms with van der Waals surface area (Å²) in [6.07, 6.45) is 4.33. The van der Waals surface area contributed by atoms with Crippen molar-refractivity contribution < 1.29 is 4.92 Å². The van der Waals surface area contributed by atoms with E-state index in [0.29, 0.717) is 6.42 Å². The highest BCUT2D eigenvalue weighted by Crippen LogP contribution is 2.27. The van der Waals surface area contributed by atoms with Gasteiger partial charge >= 0.3 is 0 Å². The van der Waals surface area contributed by atoms with Gasteiger partial charge in [0.2, 0.25) is 5.70 Å². The van der Waals surface area contributed by atoms with Crippen LogP contribution in [-0.2, 0) is 6.42 Å². The smallest absolute Gasteiger partial charge is 0.246 e. The second kappa shape index (κ2) is 5.21. The van der Waals surface area contributed by atoms with Crippen molar-refractivity contribution in [2.75, 3.05) is 18.5 Å². The molecule has 1 aliphatic rings.